The summed E-state index contributed by atoms with van der Waals surface area (Å²) in [7, 11) is 0. The first-order valence-electron chi connectivity index (χ1n) is 6.44. The van der Waals surface area contributed by atoms with E-state index < -0.39 is 0 Å². The quantitative estimate of drug-likeness (QED) is 0.870. The van der Waals surface area contributed by atoms with Crippen LogP contribution in [0.2, 0.25) is 0 Å². The molecule has 0 atom stereocenters. The Morgan fingerprint density at radius 3 is 2.94 bits per heavy atom. The van der Waals surface area contributed by atoms with Crippen molar-refractivity contribution >= 4 is 5.91 Å². The van der Waals surface area contributed by atoms with Crippen molar-refractivity contribution in [1.82, 2.24) is 15.1 Å². The summed E-state index contributed by atoms with van der Waals surface area (Å²) in [6, 6.07) is 0. The lowest BCUT2D eigenvalue weighted by molar-refractivity contribution is -0.132. The van der Waals surface area contributed by atoms with Crippen molar-refractivity contribution < 1.29 is 4.79 Å². The van der Waals surface area contributed by atoms with Crippen LogP contribution in [0.25, 0.3) is 0 Å². The summed E-state index contributed by atoms with van der Waals surface area (Å²) in [6.45, 7) is 7.83. The van der Waals surface area contributed by atoms with Crippen LogP contribution in [0.1, 0.15) is 44.1 Å². The zero-order valence-electron chi connectivity index (χ0n) is 10.9. The Bertz CT molecular complexity index is 395. The minimum absolute atomic E-state index is 0.272. The molecule has 2 rings (SSSR count). The number of carbonyl (C=O) groups excluding carboxylic acids is 1. The third-order valence-corrected chi connectivity index (χ3v) is 3.29. The van der Waals surface area contributed by atoms with Gasteiger partial charge in [0.15, 0.2) is 0 Å². The predicted octanol–water partition coefficient (Wildman–Crippen LogP) is 1.90. The van der Waals surface area contributed by atoms with Crippen LogP contribution in [0, 0.1) is 5.92 Å². The Hall–Kier alpha value is -1.32. The van der Waals surface area contributed by atoms with Crippen LogP contribution in [0.5, 0.6) is 0 Å². The lowest BCUT2D eigenvalue weighted by Gasteiger charge is -2.27. The lowest BCUT2D eigenvalue weighted by Crippen LogP contribution is -2.36. The summed E-state index contributed by atoms with van der Waals surface area (Å²) in [4.78, 5) is 14.0. The number of H-pyrrole nitrogens is 1. The van der Waals surface area contributed by atoms with Crippen molar-refractivity contribution in [3.63, 3.8) is 0 Å². The van der Waals surface area contributed by atoms with Gasteiger partial charge in [-0.05, 0) is 12.3 Å². The molecule has 4 nitrogen and oxygen atoms in total. The van der Waals surface area contributed by atoms with Crippen LogP contribution in [0.15, 0.2) is 0 Å². The summed E-state index contributed by atoms with van der Waals surface area (Å²) < 4.78 is 0. The fourth-order valence-electron chi connectivity index (χ4n) is 2.34. The molecule has 1 aliphatic heterocycles. The molecule has 1 aliphatic rings. The first-order chi connectivity index (χ1) is 8.11. The molecule has 0 radical (unpaired) electrons. The molecule has 1 N–H and O–H groups in total. The smallest absolute Gasteiger partial charge is 0.223 e. The topological polar surface area (TPSA) is 49.0 Å². The average molecular weight is 235 g/mol. The molecule has 0 fully saturated rings. The molecule has 1 aromatic rings. The van der Waals surface area contributed by atoms with Crippen molar-refractivity contribution in [3.8, 4) is 0 Å². The first-order valence-corrected chi connectivity index (χ1v) is 6.44. The van der Waals surface area contributed by atoms with E-state index in [1.54, 1.807) is 0 Å². The van der Waals surface area contributed by atoms with E-state index in [0.29, 0.717) is 12.3 Å². The fourth-order valence-corrected chi connectivity index (χ4v) is 2.34. The van der Waals surface area contributed by atoms with E-state index in [2.05, 4.69) is 31.0 Å². The predicted molar refractivity (Wildman–Crippen MR) is 66.5 cm³/mol. The number of carbonyl (C=O) groups is 1. The van der Waals surface area contributed by atoms with E-state index in [0.717, 1.165) is 31.6 Å². The van der Waals surface area contributed by atoms with E-state index in [-0.39, 0.29) is 5.91 Å². The van der Waals surface area contributed by atoms with E-state index >= 15 is 0 Å². The van der Waals surface area contributed by atoms with Gasteiger partial charge >= 0.3 is 0 Å². The molecule has 94 valence electrons. The second-order valence-electron chi connectivity index (χ2n) is 5.14. The minimum Gasteiger partial charge on any atom is -0.338 e. The maximum atomic E-state index is 12.0. The molecule has 1 amide bonds. The molecule has 4 heteroatoms. The Morgan fingerprint density at radius 1 is 1.53 bits per heavy atom. The highest BCUT2D eigenvalue weighted by Crippen LogP contribution is 2.21. The van der Waals surface area contributed by atoms with Gasteiger partial charge in [0.1, 0.15) is 0 Å². The number of aromatic nitrogens is 2. The second kappa shape index (κ2) is 4.90. The van der Waals surface area contributed by atoms with Crippen molar-refractivity contribution in [2.45, 2.75) is 46.6 Å². The average Bonchev–Trinajstić information content (AvgIpc) is 2.69. The van der Waals surface area contributed by atoms with Gasteiger partial charge < -0.3 is 4.90 Å². The van der Waals surface area contributed by atoms with E-state index in [1.165, 1.54) is 11.3 Å². The Morgan fingerprint density at radius 2 is 2.29 bits per heavy atom. The van der Waals surface area contributed by atoms with Crippen LogP contribution in [0.3, 0.4) is 0 Å². The molecule has 0 aliphatic carbocycles. The summed E-state index contributed by atoms with van der Waals surface area (Å²) in [5.41, 5.74) is 3.58. The maximum Gasteiger partial charge on any atom is 0.223 e. The highest BCUT2D eigenvalue weighted by molar-refractivity contribution is 5.76. The molecule has 0 spiro atoms. The number of nitrogens with zero attached hydrogens (tertiary/aromatic N) is 2. The number of hydrogen-bond donors (Lipinski definition) is 1. The summed E-state index contributed by atoms with van der Waals surface area (Å²) in [6.07, 6.45) is 2.48. The Labute approximate surface area is 102 Å². The zero-order chi connectivity index (χ0) is 12.4. The SMILES string of the molecule is CCc1n[nH]c2c1CN(C(=O)CC(C)C)CC2. The van der Waals surface area contributed by atoms with Gasteiger partial charge in [0, 0.05) is 37.2 Å². The number of aryl methyl sites for hydroxylation is 1. The highest BCUT2D eigenvalue weighted by Gasteiger charge is 2.24. The van der Waals surface area contributed by atoms with Crippen molar-refractivity contribution in [1.29, 1.82) is 0 Å². The van der Waals surface area contributed by atoms with Gasteiger partial charge in [0.05, 0.1) is 5.69 Å². The number of nitrogens with one attached hydrogen (secondary N) is 1. The monoisotopic (exact) mass is 235 g/mol. The van der Waals surface area contributed by atoms with Crippen molar-refractivity contribution in [2.75, 3.05) is 6.54 Å². The van der Waals surface area contributed by atoms with Gasteiger partial charge in [-0.1, -0.05) is 20.8 Å². The lowest BCUT2D eigenvalue weighted by atomic mass is 10.0. The molecule has 0 saturated heterocycles. The largest absolute Gasteiger partial charge is 0.338 e. The number of aromatic amines is 1. The van der Waals surface area contributed by atoms with Crippen LogP contribution in [-0.4, -0.2) is 27.5 Å². The molecule has 0 aromatic carbocycles. The molecule has 0 bridgehead atoms. The van der Waals surface area contributed by atoms with Crippen LogP contribution < -0.4 is 0 Å². The van der Waals surface area contributed by atoms with Crippen LogP contribution in [-0.2, 0) is 24.2 Å². The Balaban J connectivity index is 2.09. The standard InChI is InChI=1S/C13H21N3O/c1-4-11-10-8-16(13(17)7-9(2)3)6-5-12(10)15-14-11/h9H,4-8H2,1-3H3,(H,14,15). The molecule has 17 heavy (non-hydrogen) atoms. The normalized spacial score (nSPS) is 15.2. The second-order valence-corrected chi connectivity index (χ2v) is 5.14. The van der Waals surface area contributed by atoms with Gasteiger partial charge in [-0.25, -0.2) is 0 Å². The molecule has 0 unspecified atom stereocenters. The maximum absolute atomic E-state index is 12.0. The molecule has 0 saturated carbocycles. The molecule has 2 heterocycles. The number of hydrogen-bond acceptors (Lipinski definition) is 2. The first kappa shape index (κ1) is 12.1. The third kappa shape index (κ3) is 2.51. The van der Waals surface area contributed by atoms with Crippen LogP contribution in [0.4, 0.5) is 0 Å². The summed E-state index contributed by atoms with van der Waals surface area (Å²) in [5.74, 6) is 0.702. The van der Waals surface area contributed by atoms with Gasteiger partial charge in [0.25, 0.3) is 0 Å². The number of fused-ring (bicyclic) bond motifs is 1. The zero-order valence-corrected chi connectivity index (χ0v) is 10.9. The van der Waals surface area contributed by atoms with Crippen molar-refractivity contribution in [2.24, 2.45) is 5.92 Å². The van der Waals surface area contributed by atoms with Gasteiger partial charge in [-0.15, -0.1) is 0 Å². The Kier molecular flexibility index (Phi) is 3.50. The third-order valence-electron chi connectivity index (χ3n) is 3.29. The van der Waals surface area contributed by atoms with E-state index in [9.17, 15) is 4.79 Å². The minimum atomic E-state index is 0.272. The highest BCUT2D eigenvalue weighted by atomic mass is 16.2. The number of amides is 1. The van der Waals surface area contributed by atoms with E-state index in [4.69, 9.17) is 0 Å². The number of rotatable bonds is 3. The van der Waals surface area contributed by atoms with Crippen molar-refractivity contribution in [3.05, 3.63) is 17.0 Å². The molecular formula is C13H21N3O. The van der Waals surface area contributed by atoms with Gasteiger partial charge in [-0.2, -0.15) is 5.10 Å². The fraction of sp³-hybridized carbons (Fsp3) is 0.692. The van der Waals surface area contributed by atoms with E-state index in [1.807, 2.05) is 4.90 Å². The van der Waals surface area contributed by atoms with Crippen LogP contribution >= 0.6 is 0 Å². The summed E-state index contributed by atoms with van der Waals surface area (Å²) in [5, 5.41) is 7.40. The summed E-state index contributed by atoms with van der Waals surface area (Å²) >= 11 is 0. The molecule has 1 aromatic heterocycles. The van der Waals surface area contributed by atoms with Gasteiger partial charge in [0.2, 0.25) is 5.91 Å². The molecular weight excluding hydrogens is 214 g/mol. The van der Waals surface area contributed by atoms with Gasteiger partial charge in [-0.3, -0.25) is 9.89 Å².